The van der Waals surface area contributed by atoms with Crippen LogP contribution in [0.4, 0.5) is 0 Å². The summed E-state index contributed by atoms with van der Waals surface area (Å²) in [5, 5.41) is 9.61. The number of carbonyl (C=O) groups is 1. The summed E-state index contributed by atoms with van der Waals surface area (Å²) in [6.07, 6.45) is 1.94. The van der Waals surface area contributed by atoms with E-state index < -0.39 is 0 Å². The summed E-state index contributed by atoms with van der Waals surface area (Å²) in [5.41, 5.74) is 0.124. The highest BCUT2D eigenvalue weighted by Gasteiger charge is 2.20. The van der Waals surface area contributed by atoms with E-state index in [1.165, 1.54) is 0 Å². The predicted octanol–water partition coefficient (Wildman–Crippen LogP) is 0.490. The molecule has 4 nitrogen and oxygen atoms in total. The van der Waals surface area contributed by atoms with Gasteiger partial charge in [-0.1, -0.05) is 0 Å². The van der Waals surface area contributed by atoms with Gasteiger partial charge >= 0.3 is 0 Å². The largest absolute Gasteiger partial charge is 0.355 e. The summed E-state index contributed by atoms with van der Waals surface area (Å²) >= 11 is 0. The minimum absolute atomic E-state index is 0.124. The standard InChI is InChI=1S/C12H25N3O/c1-12(2,3)15-9-8-14-11(16)10-4-6-13-7-5-10/h10,13,15H,4-9H2,1-3H3,(H,14,16). The van der Waals surface area contributed by atoms with Crippen LogP contribution in [0.5, 0.6) is 0 Å². The molecular formula is C12H25N3O. The first-order chi connectivity index (χ1) is 7.49. The average Bonchev–Trinajstić information content (AvgIpc) is 2.24. The molecule has 0 aromatic carbocycles. The maximum atomic E-state index is 11.8. The topological polar surface area (TPSA) is 53.2 Å². The van der Waals surface area contributed by atoms with Crippen LogP contribution in [0.3, 0.4) is 0 Å². The molecular weight excluding hydrogens is 202 g/mol. The molecule has 1 rings (SSSR count). The lowest BCUT2D eigenvalue weighted by atomic mass is 9.97. The molecule has 1 amide bonds. The molecule has 1 heterocycles. The zero-order valence-electron chi connectivity index (χ0n) is 10.7. The summed E-state index contributed by atoms with van der Waals surface area (Å²) in [4.78, 5) is 11.8. The molecule has 0 saturated carbocycles. The van der Waals surface area contributed by atoms with Crippen LogP contribution in [0.2, 0.25) is 0 Å². The average molecular weight is 227 g/mol. The first-order valence-corrected chi connectivity index (χ1v) is 6.22. The molecule has 0 spiro atoms. The molecule has 3 N–H and O–H groups in total. The van der Waals surface area contributed by atoms with Gasteiger partial charge in [0.15, 0.2) is 0 Å². The van der Waals surface area contributed by atoms with Crippen LogP contribution in [-0.4, -0.2) is 37.6 Å². The van der Waals surface area contributed by atoms with Gasteiger partial charge in [-0.15, -0.1) is 0 Å². The number of piperidine rings is 1. The second-order valence-electron chi connectivity index (χ2n) is 5.49. The monoisotopic (exact) mass is 227 g/mol. The van der Waals surface area contributed by atoms with Gasteiger partial charge in [0, 0.05) is 24.5 Å². The van der Waals surface area contributed by atoms with Crippen molar-refractivity contribution in [3.8, 4) is 0 Å². The Morgan fingerprint density at radius 3 is 2.44 bits per heavy atom. The molecule has 0 unspecified atom stereocenters. The van der Waals surface area contributed by atoms with Gasteiger partial charge in [-0.2, -0.15) is 0 Å². The van der Waals surface area contributed by atoms with E-state index in [0.717, 1.165) is 39.0 Å². The van der Waals surface area contributed by atoms with Crippen LogP contribution in [0, 0.1) is 5.92 Å². The first-order valence-electron chi connectivity index (χ1n) is 6.22. The predicted molar refractivity (Wildman–Crippen MR) is 66.4 cm³/mol. The normalized spacial score (nSPS) is 18.4. The van der Waals surface area contributed by atoms with E-state index in [0.29, 0.717) is 0 Å². The summed E-state index contributed by atoms with van der Waals surface area (Å²) in [7, 11) is 0. The second kappa shape index (κ2) is 6.21. The van der Waals surface area contributed by atoms with Crippen molar-refractivity contribution in [1.82, 2.24) is 16.0 Å². The van der Waals surface area contributed by atoms with E-state index in [1.807, 2.05) is 0 Å². The molecule has 0 radical (unpaired) electrons. The number of rotatable bonds is 4. The SMILES string of the molecule is CC(C)(C)NCCNC(=O)C1CCNCC1. The van der Waals surface area contributed by atoms with Crippen molar-refractivity contribution in [3.05, 3.63) is 0 Å². The Kier molecular flexibility index (Phi) is 5.22. The third-order valence-electron chi connectivity index (χ3n) is 2.79. The number of nitrogens with one attached hydrogen (secondary N) is 3. The Balaban J connectivity index is 2.10. The van der Waals surface area contributed by atoms with Gasteiger partial charge in [0.05, 0.1) is 0 Å². The fraction of sp³-hybridized carbons (Fsp3) is 0.917. The van der Waals surface area contributed by atoms with Crippen molar-refractivity contribution < 1.29 is 4.79 Å². The van der Waals surface area contributed by atoms with Crippen LogP contribution in [0.25, 0.3) is 0 Å². The minimum atomic E-state index is 0.124. The van der Waals surface area contributed by atoms with Gasteiger partial charge < -0.3 is 16.0 Å². The van der Waals surface area contributed by atoms with Gasteiger partial charge in [-0.05, 0) is 46.7 Å². The van der Waals surface area contributed by atoms with Gasteiger partial charge in [-0.25, -0.2) is 0 Å². The minimum Gasteiger partial charge on any atom is -0.355 e. The molecule has 1 saturated heterocycles. The maximum absolute atomic E-state index is 11.8. The van der Waals surface area contributed by atoms with Gasteiger partial charge in [0.2, 0.25) is 5.91 Å². The Bertz CT molecular complexity index is 217. The Labute approximate surface area is 98.6 Å². The Morgan fingerprint density at radius 2 is 1.88 bits per heavy atom. The maximum Gasteiger partial charge on any atom is 0.223 e. The molecule has 1 fully saturated rings. The molecule has 16 heavy (non-hydrogen) atoms. The highest BCUT2D eigenvalue weighted by atomic mass is 16.1. The van der Waals surface area contributed by atoms with E-state index in [1.54, 1.807) is 0 Å². The zero-order chi connectivity index (χ0) is 12.0. The van der Waals surface area contributed by atoms with Crippen molar-refractivity contribution in [3.63, 3.8) is 0 Å². The van der Waals surface area contributed by atoms with Gasteiger partial charge in [-0.3, -0.25) is 4.79 Å². The summed E-state index contributed by atoms with van der Waals surface area (Å²) in [6.45, 7) is 9.88. The third kappa shape index (κ3) is 5.47. The summed E-state index contributed by atoms with van der Waals surface area (Å²) in [6, 6.07) is 0. The van der Waals surface area contributed by atoms with Crippen molar-refractivity contribution in [1.29, 1.82) is 0 Å². The highest BCUT2D eigenvalue weighted by Crippen LogP contribution is 2.10. The van der Waals surface area contributed by atoms with E-state index in [4.69, 9.17) is 0 Å². The summed E-state index contributed by atoms with van der Waals surface area (Å²) < 4.78 is 0. The molecule has 4 heteroatoms. The molecule has 1 aliphatic rings. The quantitative estimate of drug-likeness (QED) is 0.613. The van der Waals surface area contributed by atoms with Crippen molar-refractivity contribution in [2.24, 2.45) is 5.92 Å². The molecule has 0 aromatic heterocycles. The van der Waals surface area contributed by atoms with Crippen LogP contribution in [0.1, 0.15) is 33.6 Å². The first kappa shape index (κ1) is 13.5. The third-order valence-corrected chi connectivity index (χ3v) is 2.79. The van der Waals surface area contributed by atoms with Gasteiger partial charge in [0.25, 0.3) is 0 Å². The van der Waals surface area contributed by atoms with Crippen LogP contribution in [-0.2, 0) is 4.79 Å². The molecule has 1 aliphatic heterocycles. The highest BCUT2D eigenvalue weighted by molar-refractivity contribution is 5.78. The fourth-order valence-corrected chi connectivity index (χ4v) is 1.85. The van der Waals surface area contributed by atoms with E-state index >= 15 is 0 Å². The molecule has 0 atom stereocenters. The zero-order valence-corrected chi connectivity index (χ0v) is 10.7. The Morgan fingerprint density at radius 1 is 1.25 bits per heavy atom. The van der Waals surface area contributed by atoms with E-state index in [2.05, 4.69) is 36.7 Å². The molecule has 0 aromatic rings. The fourth-order valence-electron chi connectivity index (χ4n) is 1.85. The summed E-state index contributed by atoms with van der Waals surface area (Å²) in [5.74, 6) is 0.438. The molecule has 0 aliphatic carbocycles. The van der Waals surface area contributed by atoms with E-state index in [9.17, 15) is 4.79 Å². The smallest absolute Gasteiger partial charge is 0.223 e. The van der Waals surface area contributed by atoms with Gasteiger partial charge in [0.1, 0.15) is 0 Å². The van der Waals surface area contributed by atoms with E-state index in [-0.39, 0.29) is 17.4 Å². The van der Waals surface area contributed by atoms with Crippen molar-refractivity contribution in [2.45, 2.75) is 39.2 Å². The van der Waals surface area contributed by atoms with Crippen LogP contribution < -0.4 is 16.0 Å². The molecule has 94 valence electrons. The number of hydrogen-bond acceptors (Lipinski definition) is 3. The van der Waals surface area contributed by atoms with Crippen molar-refractivity contribution in [2.75, 3.05) is 26.2 Å². The lowest BCUT2D eigenvalue weighted by Gasteiger charge is -2.23. The number of amides is 1. The molecule has 0 bridgehead atoms. The number of carbonyl (C=O) groups excluding carboxylic acids is 1. The van der Waals surface area contributed by atoms with Crippen molar-refractivity contribution >= 4 is 5.91 Å². The second-order valence-corrected chi connectivity index (χ2v) is 5.49. The van der Waals surface area contributed by atoms with Crippen LogP contribution >= 0.6 is 0 Å². The van der Waals surface area contributed by atoms with Crippen LogP contribution in [0.15, 0.2) is 0 Å². The number of hydrogen-bond donors (Lipinski definition) is 3. The lowest BCUT2D eigenvalue weighted by molar-refractivity contribution is -0.125. The lowest BCUT2D eigenvalue weighted by Crippen LogP contribution is -2.43. The Hall–Kier alpha value is -0.610.